The van der Waals surface area contributed by atoms with Crippen LogP contribution in [0.2, 0.25) is 0 Å². The summed E-state index contributed by atoms with van der Waals surface area (Å²) in [5.41, 5.74) is -0.364. The lowest BCUT2D eigenvalue weighted by atomic mass is 9.83. The number of carboxylic acids is 1. The second-order valence-corrected chi connectivity index (χ2v) is 6.03. The van der Waals surface area contributed by atoms with Gasteiger partial charge in [0.2, 0.25) is 0 Å². The largest absolute Gasteiger partial charge is 0.481 e. The van der Waals surface area contributed by atoms with Crippen LogP contribution in [0.4, 0.5) is 0 Å². The summed E-state index contributed by atoms with van der Waals surface area (Å²) in [5, 5.41) is 13.6. The molecule has 1 saturated carbocycles. The smallest absolute Gasteiger partial charge is 0.308 e. The zero-order chi connectivity index (χ0) is 12.6. The van der Waals surface area contributed by atoms with Gasteiger partial charge in [0.25, 0.3) is 0 Å². The van der Waals surface area contributed by atoms with Crippen LogP contribution in [0.5, 0.6) is 0 Å². The van der Waals surface area contributed by atoms with Crippen molar-refractivity contribution in [3.63, 3.8) is 0 Å². The van der Waals surface area contributed by atoms with Crippen LogP contribution in [0, 0.1) is 11.8 Å². The summed E-state index contributed by atoms with van der Waals surface area (Å²) in [6, 6.07) is 0. The molecule has 1 heterocycles. The van der Waals surface area contributed by atoms with Crippen molar-refractivity contribution in [1.82, 2.24) is 9.78 Å². The monoisotopic (exact) mass is 300 g/mol. The van der Waals surface area contributed by atoms with Gasteiger partial charge in [-0.3, -0.25) is 9.48 Å². The first-order chi connectivity index (χ1) is 7.95. The van der Waals surface area contributed by atoms with Crippen molar-refractivity contribution in [3.8, 4) is 0 Å². The maximum absolute atomic E-state index is 11.3. The van der Waals surface area contributed by atoms with Crippen LogP contribution in [-0.4, -0.2) is 20.9 Å². The summed E-state index contributed by atoms with van der Waals surface area (Å²) >= 11 is 3.37. The molecule has 0 bridgehead atoms. The molecule has 4 nitrogen and oxygen atoms in total. The molecule has 3 atom stereocenters. The highest BCUT2D eigenvalue weighted by Gasteiger charge is 2.47. The average Bonchev–Trinajstić information content (AvgIpc) is 2.84. The molecule has 94 valence electrons. The van der Waals surface area contributed by atoms with Crippen molar-refractivity contribution >= 4 is 21.9 Å². The van der Waals surface area contributed by atoms with Gasteiger partial charge in [-0.25, -0.2) is 0 Å². The Hall–Kier alpha value is -0.840. The Bertz CT molecular complexity index is 432. The number of carboxylic acid groups (broad SMARTS) is 1. The fourth-order valence-corrected chi connectivity index (χ4v) is 3.16. The molecule has 5 heteroatoms. The van der Waals surface area contributed by atoms with Crippen LogP contribution in [0.1, 0.15) is 33.1 Å². The molecule has 0 spiro atoms. The Kier molecular flexibility index (Phi) is 3.30. The van der Waals surface area contributed by atoms with E-state index in [1.54, 1.807) is 13.1 Å². The normalized spacial score (nSPS) is 30.4. The van der Waals surface area contributed by atoms with Crippen molar-refractivity contribution in [3.05, 3.63) is 16.9 Å². The zero-order valence-corrected chi connectivity index (χ0v) is 11.6. The Morgan fingerprint density at radius 1 is 1.76 bits per heavy atom. The number of aromatic nitrogens is 2. The minimum atomic E-state index is -0.745. The quantitative estimate of drug-likeness (QED) is 0.934. The van der Waals surface area contributed by atoms with E-state index >= 15 is 0 Å². The molecular weight excluding hydrogens is 284 g/mol. The van der Waals surface area contributed by atoms with Gasteiger partial charge < -0.3 is 5.11 Å². The van der Waals surface area contributed by atoms with Crippen LogP contribution in [-0.2, 0) is 10.3 Å². The van der Waals surface area contributed by atoms with E-state index in [0.717, 1.165) is 23.7 Å². The third-order valence-corrected chi connectivity index (χ3v) is 4.37. The highest BCUT2D eigenvalue weighted by Crippen LogP contribution is 2.45. The Morgan fingerprint density at radius 2 is 2.47 bits per heavy atom. The molecule has 2 rings (SSSR count). The summed E-state index contributed by atoms with van der Waals surface area (Å²) in [7, 11) is 0. The van der Waals surface area contributed by atoms with E-state index in [4.69, 9.17) is 0 Å². The van der Waals surface area contributed by atoms with Gasteiger partial charge in [-0.1, -0.05) is 6.92 Å². The molecule has 0 aromatic carbocycles. The summed E-state index contributed by atoms with van der Waals surface area (Å²) in [6.45, 7) is 3.96. The van der Waals surface area contributed by atoms with Crippen LogP contribution in [0.15, 0.2) is 16.9 Å². The minimum absolute atomic E-state index is 0.364. The van der Waals surface area contributed by atoms with Gasteiger partial charge in [0.1, 0.15) is 0 Å². The number of hydrogen-bond acceptors (Lipinski definition) is 2. The second kappa shape index (κ2) is 4.44. The fraction of sp³-hybridized carbons (Fsp3) is 0.667. The van der Waals surface area contributed by atoms with Gasteiger partial charge in [0, 0.05) is 6.20 Å². The van der Waals surface area contributed by atoms with Gasteiger partial charge in [0.15, 0.2) is 0 Å². The van der Waals surface area contributed by atoms with Crippen molar-refractivity contribution in [2.24, 2.45) is 11.8 Å². The Balaban J connectivity index is 2.41. The maximum atomic E-state index is 11.3. The lowest BCUT2D eigenvalue weighted by molar-refractivity contribution is -0.145. The van der Waals surface area contributed by atoms with E-state index in [-0.39, 0.29) is 5.54 Å². The maximum Gasteiger partial charge on any atom is 0.308 e. The second-order valence-electron chi connectivity index (χ2n) is 5.11. The van der Waals surface area contributed by atoms with Crippen LogP contribution >= 0.6 is 15.9 Å². The third-order valence-electron chi connectivity index (χ3n) is 3.96. The van der Waals surface area contributed by atoms with Crippen LogP contribution < -0.4 is 0 Å². The molecule has 0 saturated heterocycles. The number of hydrogen-bond donors (Lipinski definition) is 1. The molecule has 0 amide bonds. The summed E-state index contributed by atoms with van der Waals surface area (Å²) in [5.74, 6) is -0.607. The Labute approximate surface area is 109 Å². The number of aliphatic carboxylic acids is 1. The summed E-state index contributed by atoms with van der Waals surface area (Å²) < 4.78 is 2.74. The number of carbonyl (C=O) groups is 1. The molecule has 1 aliphatic rings. The van der Waals surface area contributed by atoms with Gasteiger partial charge in [0.05, 0.1) is 22.1 Å². The van der Waals surface area contributed by atoms with E-state index in [1.807, 2.05) is 10.9 Å². The third kappa shape index (κ3) is 2.12. The Morgan fingerprint density at radius 3 is 2.88 bits per heavy atom. The molecule has 1 aliphatic carbocycles. The fourth-order valence-electron chi connectivity index (χ4n) is 2.88. The average molecular weight is 301 g/mol. The molecule has 0 aliphatic heterocycles. The minimum Gasteiger partial charge on any atom is -0.481 e. The molecule has 0 radical (unpaired) electrons. The van der Waals surface area contributed by atoms with Crippen molar-refractivity contribution < 1.29 is 9.90 Å². The molecule has 17 heavy (non-hydrogen) atoms. The lowest BCUT2D eigenvalue weighted by Crippen LogP contribution is -2.42. The van der Waals surface area contributed by atoms with Gasteiger partial charge in [-0.05, 0) is 48.0 Å². The summed E-state index contributed by atoms with van der Waals surface area (Å²) in [4.78, 5) is 11.3. The van der Waals surface area contributed by atoms with Crippen molar-refractivity contribution in [2.45, 2.75) is 38.6 Å². The van der Waals surface area contributed by atoms with Crippen LogP contribution in [0.25, 0.3) is 0 Å². The highest BCUT2D eigenvalue weighted by molar-refractivity contribution is 9.10. The van der Waals surface area contributed by atoms with E-state index in [1.165, 1.54) is 0 Å². The molecule has 3 unspecified atom stereocenters. The first-order valence-electron chi connectivity index (χ1n) is 5.89. The number of rotatable bonds is 3. The highest BCUT2D eigenvalue weighted by atomic mass is 79.9. The predicted molar refractivity (Wildman–Crippen MR) is 67.7 cm³/mol. The topological polar surface area (TPSA) is 55.1 Å². The number of halogens is 1. The van der Waals surface area contributed by atoms with Crippen molar-refractivity contribution in [2.75, 3.05) is 0 Å². The molecule has 1 aromatic rings. The van der Waals surface area contributed by atoms with E-state index < -0.39 is 11.9 Å². The molecule has 1 N–H and O–H groups in total. The number of nitrogens with zero attached hydrogens (tertiary/aromatic N) is 2. The summed E-state index contributed by atoms with van der Waals surface area (Å²) in [6.07, 6.45) is 6.44. The SMILES string of the molecule is CC1CCC(C(C)C(=O)O)(n2cc(Br)cn2)C1. The zero-order valence-electron chi connectivity index (χ0n) is 10.1. The van der Waals surface area contributed by atoms with E-state index in [9.17, 15) is 9.90 Å². The first kappa shape index (κ1) is 12.6. The molecule has 1 fully saturated rings. The predicted octanol–water partition coefficient (Wildman–Crippen LogP) is 2.88. The van der Waals surface area contributed by atoms with Crippen molar-refractivity contribution in [1.29, 1.82) is 0 Å². The lowest BCUT2D eigenvalue weighted by Gasteiger charge is -2.33. The van der Waals surface area contributed by atoms with Gasteiger partial charge in [-0.15, -0.1) is 0 Å². The van der Waals surface area contributed by atoms with Gasteiger partial charge >= 0.3 is 5.97 Å². The van der Waals surface area contributed by atoms with E-state index in [0.29, 0.717) is 5.92 Å². The molecule has 1 aromatic heterocycles. The standard InChI is InChI=1S/C12H17BrN2O2/c1-8-3-4-12(5-8,9(2)11(16)17)15-7-10(13)6-14-15/h6-9H,3-5H2,1-2H3,(H,16,17). The van der Waals surface area contributed by atoms with Crippen LogP contribution in [0.3, 0.4) is 0 Å². The van der Waals surface area contributed by atoms with Gasteiger partial charge in [-0.2, -0.15) is 5.10 Å². The van der Waals surface area contributed by atoms with E-state index in [2.05, 4.69) is 28.0 Å². The first-order valence-corrected chi connectivity index (χ1v) is 6.68. The molecular formula is C12H17BrN2O2.